The number of nitrogens with two attached hydrogens (primary N) is 1. The summed E-state index contributed by atoms with van der Waals surface area (Å²) in [5.74, 6) is -10.0. The number of carbonyl (C=O) groups excluding carboxylic acids is 5. The Labute approximate surface area is 235 Å². The van der Waals surface area contributed by atoms with Crippen LogP contribution >= 0.6 is 0 Å². The summed E-state index contributed by atoms with van der Waals surface area (Å²) in [6, 6.07) is 2.89. The van der Waals surface area contributed by atoms with Gasteiger partial charge >= 0.3 is 5.97 Å². The van der Waals surface area contributed by atoms with Crippen molar-refractivity contribution in [3.63, 3.8) is 0 Å². The molecule has 4 aliphatic rings. The lowest BCUT2D eigenvalue weighted by atomic mass is 9.55. The standard InChI is InChI=1S/C30H33NO10/c1-3-19(35)41-26-15-11-18(34)23(29(31)39)27(37)30(15,40)28(38)24-21(26)12(2)20-14(8-9-16(32)22(20)25(24)36)10-17(33)13-6-4-5-7-13/h8-9,12-13,15,21,26,32,36-37,40H,3-7,10-11H2,1-2H3,(H2,31,39)/t12-,15+,21+,26+,30+/m0/s1. The van der Waals surface area contributed by atoms with Crippen LogP contribution in [0.15, 0.2) is 29.0 Å². The van der Waals surface area contributed by atoms with Gasteiger partial charge in [0, 0.05) is 42.6 Å². The molecule has 0 aromatic heterocycles. The van der Waals surface area contributed by atoms with E-state index in [0.717, 1.165) is 25.7 Å². The normalized spacial score (nSPS) is 29.6. The summed E-state index contributed by atoms with van der Waals surface area (Å²) in [7, 11) is 0. The van der Waals surface area contributed by atoms with Crippen LogP contribution in [0.5, 0.6) is 5.75 Å². The first-order chi connectivity index (χ1) is 19.3. The Bertz CT molecular complexity index is 1450. The van der Waals surface area contributed by atoms with Crippen LogP contribution in [0.25, 0.3) is 5.76 Å². The maximum atomic E-state index is 14.0. The fraction of sp³-hybridized carbons (Fsp3) is 0.500. The first-order valence-electron chi connectivity index (χ1n) is 13.9. The number of phenols is 1. The quantitative estimate of drug-likeness (QED) is 0.251. The second-order valence-electron chi connectivity index (χ2n) is 11.5. The van der Waals surface area contributed by atoms with Crippen LogP contribution in [0.3, 0.4) is 0 Å². The molecule has 2 fully saturated rings. The maximum absolute atomic E-state index is 14.0. The Morgan fingerprint density at radius 2 is 1.76 bits per heavy atom. The minimum atomic E-state index is -2.92. The Balaban J connectivity index is 1.73. The molecule has 11 nitrogen and oxygen atoms in total. The van der Waals surface area contributed by atoms with Crippen LogP contribution in [0.2, 0.25) is 0 Å². The van der Waals surface area contributed by atoms with Crippen molar-refractivity contribution in [1.29, 1.82) is 0 Å². The highest BCUT2D eigenvalue weighted by molar-refractivity contribution is 6.23. The van der Waals surface area contributed by atoms with Crippen molar-refractivity contribution >= 4 is 35.0 Å². The number of phenolic OH excluding ortho intramolecular Hbond substituents is 1. The fourth-order valence-electron chi connectivity index (χ4n) is 7.26. The molecule has 0 aliphatic heterocycles. The highest BCUT2D eigenvalue weighted by Crippen LogP contribution is 2.57. The van der Waals surface area contributed by atoms with Crippen molar-refractivity contribution in [2.45, 2.75) is 76.4 Å². The van der Waals surface area contributed by atoms with E-state index in [-0.39, 0.29) is 35.9 Å². The number of fused-ring (bicyclic) bond motifs is 3. The van der Waals surface area contributed by atoms with E-state index < -0.39 is 82.0 Å². The van der Waals surface area contributed by atoms with E-state index in [2.05, 4.69) is 0 Å². The highest BCUT2D eigenvalue weighted by atomic mass is 16.5. The van der Waals surface area contributed by atoms with Crippen LogP contribution in [-0.4, -0.2) is 61.4 Å². The van der Waals surface area contributed by atoms with E-state index in [4.69, 9.17) is 10.5 Å². The third-order valence-electron chi connectivity index (χ3n) is 9.27. The average Bonchev–Trinajstić information content (AvgIpc) is 3.46. The molecule has 1 amide bonds. The largest absolute Gasteiger partial charge is 0.508 e. The van der Waals surface area contributed by atoms with Gasteiger partial charge in [-0.05, 0) is 36.0 Å². The molecule has 0 heterocycles. The Kier molecular flexibility index (Phi) is 7.05. The van der Waals surface area contributed by atoms with Gasteiger partial charge in [0.1, 0.15) is 34.7 Å². The molecule has 0 spiro atoms. The number of aromatic hydroxyl groups is 1. The molecule has 6 N–H and O–H groups in total. The molecule has 11 heteroatoms. The van der Waals surface area contributed by atoms with E-state index in [0.29, 0.717) is 11.1 Å². The number of rotatable bonds is 6. The third kappa shape index (κ3) is 4.16. The minimum absolute atomic E-state index is 0.0202. The summed E-state index contributed by atoms with van der Waals surface area (Å²) >= 11 is 0. The van der Waals surface area contributed by atoms with Crippen molar-refractivity contribution in [3.05, 3.63) is 45.7 Å². The summed E-state index contributed by atoms with van der Waals surface area (Å²) in [6.07, 6.45) is 1.37. The SMILES string of the molecule is CCC(=O)O[C@H]1[C@H]2C(=C(O)c3c(O)ccc(CC(=O)C4CCCC4)c3[C@@H]2C)C(=O)[C@]2(O)C(O)=C(C(N)=O)C(=O)C[C@H]12. The van der Waals surface area contributed by atoms with Crippen molar-refractivity contribution in [2.24, 2.45) is 23.5 Å². The smallest absolute Gasteiger partial charge is 0.305 e. The van der Waals surface area contributed by atoms with Crippen LogP contribution in [0.4, 0.5) is 0 Å². The monoisotopic (exact) mass is 567 g/mol. The molecule has 5 rings (SSSR count). The second kappa shape index (κ2) is 10.1. The number of amides is 1. The fourth-order valence-corrected chi connectivity index (χ4v) is 7.26. The predicted molar refractivity (Wildman–Crippen MR) is 142 cm³/mol. The molecule has 0 radical (unpaired) electrons. The number of primary amides is 1. The first-order valence-corrected chi connectivity index (χ1v) is 13.9. The van der Waals surface area contributed by atoms with Crippen molar-refractivity contribution in [3.8, 4) is 5.75 Å². The Morgan fingerprint density at radius 3 is 2.37 bits per heavy atom. The van der Waals surface area contributed by atoms with E-state index >= 15 is 0 Å². The molecule has 0 saturated heterocycles. The summed E-state index contributed by atoms with van der Waals surface area (Å²) in [6.45, 7) is 3.20. The zero-order chi connectivity index (χ0) is 30.0. The molecular weight excluding hydrogens is 534 g/mol. The molecular formula is C30H33NO10. The predicted octanol–water partition coefficient (Wildman–Crippen LogP) is 2.22. The Hall–Kier alpha value is -3.99. The molecule has 0 unspecified atom stereocenters. The molecule has 0 bridgehead atoms. The number of esters is 1. The van der Waals surface area contributed by atoms with Gasteiger partial charge in [0.05, 0.1) is 5.56 Å². The van der Waals surface area contributed by atoms with Gasteiger partial charge in [-0.15, -0.1) is 0 Å². The van der Waals surface area contributed by atoms with Crippen molar-refractivity contribution in [1.82, 2.24) is 0 Å². The lowest BCUT2D eigenvalue weighted by molar-refractivity contribution is -0.178. The van der Waals surface area contributed by atoms with Gasteiger partial charge in [-0.3, -0.25) is 24.0 Å². The number of hydrogen-bond donors (Lipinski definition) is 5. The van der Waals surface area contributed by atoms with Gasteiger partial charge in [0.2, 0.25) is 5.78 Å². The van der Waals surface area contributed by atoms with Crippen LogP contribution in [0.1, 0.15) is 75.0 Å². The molecule has 1 aromatic carbocycles. The number of Topliss-reactive ketones (excluding diaryl/α,β-unsaturated/α-hetero) is 3. The molecule has 218 valence electrons. The van der Waals surface area contributed by atoms with Gasteiger partial charge in [-0.1, -0.05) is 32.8 Å². The molecule has 5 atom stereocenters. The third-order valence-corrected chi connectivity index (χ3v) is 9.27. The van der Waals surface area contributed by atoms with Crippen LogP contribution in [0, 0.1) is 17.8 Å². The number of ketones is 3. The number of carbonyl (C=O) groups is 5. The summed E-state index contributed by atoms with van der Waals surface area (Å²) in [4.78, 5) is 64.6. The zero-order valence-electron chi connectivity index (χ0n) is 22.8. The number of ether oxygens (including phenoxy) is 1. The van der Waals surface area contributed by atoms with E-state index in [1.54, 1.807) is 13.0 Å². The molecule has 2 saturated carbocycles. The summed E-state index contributed by atoms with van der Waals surface area (Å²) < 4.78 is 5.72. The second-order valence-corrected chi connectivity index (χ2v) is 11.5. The molecule has 41 heavy (non-hydrogen) atoms. The van der Waals surface area contributed by atoms with Crippen molar-refractivity contribution in [2.75, 3.05) is 0 Å². The van der Waals surface area contributed by atoms with Gasteiger partial charge in [0.25, 0.3) is 5.91 Å². The van der Waals surface area contributed by atoms with Crippen LogP contribution < -0.4 is 5.73 Å². The number of hydrogen-bond acceptors (Lipinski definition) is 10. The minimum Gasteiger partial charge on any atom is -0.508 e. The van der Waals surface area contributed by atoms with E-state index in [9.17, 15) is 44.4 Å². The topological polar surface area (TPSA) is 202 Å². The maximum Gasteiger partial charge on any atom is 0.305 e. The average molecular weight is 568 g/mol. The molecule has 1 aromatic rings. The van der Waals surface area contributed by atoms with Crippen molar-refractivity contribution < 1.29 is 49.1 Å². The van der Waals surface area contributed by atoms with E-state index in [1.807, 2.05) is 0 Å². The summed E-state index contributed by atoms with van der Waals surface area (Å²) in [5, 5.41) is 45.0. The Morgan fingerprint density at radius 1 is 1.10 bits per heavy atom. The first kappa shape index (κ1) is 28.5. The lowest BCUT2D eigenvalue weighted by Gasteiger charge is -2.51. The summed E-state index contributed by atoms with van der Waals surface area (Å²) in [5.41, 5.74) is 1.78. The van der Waals surface area contributed by atoms with Gasteiger partial charge < -0.3 is 30.9 Å². The zero-order valence-corrected chi connectivity index (χ0v) is 22.8. The van der Waals surface area contributed by atoms with Gasteiger partial charge in [0.15, 0.2) is 11.4 Å². The number of aliphatic hydroxyl groups excluding tert-OH is 2. The molecule has 4 aliphatic carbocycles. The van der Waals surface area contributed by atoms with E-state index in [1.165, 1.54) is 13.0 Å². The number of benzene rings is 1. The highest BCUT2D eigenvalue weighted by Gasteiger charge is 2.66. The van der Waals surface area contributed by atoms with Gasteiger partial charge in [-0.25, -0.2) is 0 Å². The lowest BCUT2D eigenvalue weighted by Crippen LogP contribution is -2.64. The van der Waals surface area contributed by atoms with Gasteiger partial charge in [-0.2, -0.15) is 0 Å². The van der Waals surface area contributed by atoms with Crippen LogP contribution in [-0.2, 0) is 35.1 Å². The number of aliphatic hydroxyl groups is 3.